The number of rotatable bonds is 2. The lowest BCUT2D eigenvalue weighted by atomic mass is 10.1. The molecule has 3 nitrogen and oxygen atoms in total. The van der Waals surface area contributed by atoms with E-state index >= 15 is 0 Å². The van der Waals surface area contributed by atoms with E-state index in [-0.39, 0.29) is 0 Å². The van der Waals surface area contributed by atoms with Crippen LogP contribution in [0.25, 0.3) is 0 Å². The summed E-state index contributed by atoms with van der Waals surface area (Å²) in [6, 6.07) is 6.96. The van der Waals surface area contributed by atoms with Gasteiger partial charge in [0.15, 0.2) is 0 Å². The van der Waals surface area contributed by atoms with Gasteiger partial charge < -0.3 is 14.5 Å². The van der Waals surface area contributed by atoms with Crippen LogP contribution in [0.5, 0.6) is 0 Å². The van der Waals surface area contributed by atoms with Gasteiger partial charge in [0.2, 0.25) is 0 Å². The summed E-state index contributed by atoms with van der Waals surface area (Å²) in [5.74, 6) is 0. The van der Waals surface area contributed by atoms with E-state index < -0.39 is 0 Å². The number of benzene rings is 1. The number of nitrogens with zero attached hydrogens (tertiary/aromatic N) is 2. The number of hydrogen-bond acceptors (Lipinski definition) is 3. The van der Waals surface area contributed by atoms with Gasteiger partial charge >= 0.3 is 0 Å². The molecule has 98 valence electrons. The Morgan fingerprint density at radius 2 is 1.39 bits per heavy atom. The first kappa shape index (κ1) is 11.8. The van der Waals surface area contributed by atoms with Crippen molar-refractivity contribution >= 4 is 11.4 Å². The fraction of sp³-hybridized carbons (Fsp3) is 0.600. The van der Waals surface area contributed by atoms with Crippen molar-refractivity contribution < 1.29 is 4.74 Å². The molecule has 0 atom stereocenters. The number of aryl methyl sites for hydroxylation is 1. The molecule has 0 bridgehead atoms. The second-order valence-electron chi connectivity index (χ2n) is 5.32. The van der Waals surface area contributed by atoms with Crippen molar-refractivity contribution in [1.82, 2.24) is 0 Å². The number of morpholine rings is 1. The zero-order valence-corrected chi connectivity index (χ0v) is 11.2. The largest absolute Gasteiger partial charge is 0.378 e. The van der Waals surface area contributed by atoms with Crippen molar-refractivity contribution in [3.05, 3.63) is 23.8 Å². The van der Waals surface area contributed by atoms with E-state index in [1.165, 1.54) is 42.9 Å². The molecular weight excluding hydrogens is 224 g/mol. The molecule has 18 heavy (non-hydrogen) atoms. The molecule has 1 aromatic carbocycles. The lowest BCUT2D eigenvalue weighted by Crippen LogP contribution is -2.36. The van der Waals surface area contributed by atoms with Gasteiger partial charge in [-0.1, -0.05) is 0 Å². The highest BCUT2D eigenvalue weighted by Gasteiger charge is 2.16. The molecule has 0 amide bonds. The molecule has 2 fully saturated rings. The lowest BCUT2D eigenvalue weighted by Gasteiger charge is -2.30. The van der Waals surface area contributed by atoms with Crippen LogP contribution in [0.2, 0.25) is 0 Å². The highest BCUT2D eigenvalue weighted by atomic mass is 16.5. The van der Waals surface area contributed by atoms with Crippen LogP contribution in [-0.4, -0.2) is 39.4 Å². The Morgan fingerprint density at radius 3 is 2.00 bits per heavy atom. The Kier molecular flexibility index (Phi) is 3.41. The SMILES string of the molecule is Cc1cc(N2CCCC2)cc(N2CCOCC2)c1. The van der Waals surface area contributed by atoms with Crippen LogP contribution >= 0.6 is 0 Å². The smallest absolute Gasteiger partial charge is 0.0642 e. The second kappa shape index (κ2) is 5.19. The molecule has 0 unspecified atom stereocenters. The minimum absolute atomic E-state index is 0.854. The molecule has 1 aromatic rings. The van der Waals surface area contributed by atoms with Crippen LogP contribution in [0.3, 0.4) is 0 Å². The van der Waals surface area contributed by atoms with E-state index in [1.807, 2.05) is 0 Å². The highest BCUT2D eigenvalue weighted by Crippen LogP contribution is 2.27. The molecule has 0 saturated carbocycles. The summed E-state index contributed by atoms with van der Waals surface area (Å²) in [5.41, 5.74) is 4.12. The number of anilines is 2. The third kappa shape index (κ3) is 2.46. The Bertz CT molecular complexity index is 407. The fourth-order valence-corrected chi connectivity index (χ4v) is 2.91. The van der Waals surface area contributed by atoms with Gasteiger partial charge in [-0.25, -0.2) is 0 Å². The third-order valence-corrected chi connectivity index (χ3v) is 3.89. The Morgan fingerprint density at radius 1 is 0.833 bits per heavy atom. The Balaban J connectivity index is 1.84. The molecular formula is C15H22N2O. The van der Waals surface area contributed by atoms with Crippen molar-refractivity contribution in [1.29, 1.82) is 0 Å². The average Bonchev–Trinajstić information content (AvgIpc) is 2.93. The zero-order valence-electron chi connectivity index (χ0n) is 11.2. The Hall–Kier alpha value is -1.22. The van der Waals surface area contributed by atoms with Crippen molar-refractivity contribution in [3.8, 4) is 0 Å². The first-order chi connectivity index (χ1) is 8.83. The Labute approximate surface area is 109 Å². The molecule has 2 aliphatic rings. The van der Waals surface area contributed by atoms with Gasteiger partial charge in [-0.05, 0) is 43.5 Å². The van der Waals surface area contributed by atoms with Gasteiger partial charge in [0, 0.05) is 37.6 Å². The quantitative estimate of drug-likeness (QED) is 0.797. The van der Waals surface area contributed by atoms with Gasteiger partial charge in [0.05, 0.1) is 13.2 Å². The minimum Gasteiger partial charge on any atom is -0.378 e. The number of hydrogen-bond donors (Lipinski definition) is 0. The predicted molar refractivity (Wildman–Crippen MR) is 75.7 cm³/mol. The van der Waals surface area contributed by atoms with Crippen LogP contribution < -0.4 is 9.80 Å². The van der Waals surface area contributed by atoms with E-state index in [0.717, 1.165) is 26.3 Å². The summed E-state index contributed by atoms with van der Waals surface area (Å²) in [5, 5.41) is 0. The van der Waals surface area contributed by atoms with E-state index in [1.54, 1.807) is 0 Å². The van der Waals surface area contributed by atoms with Crippen molar-refractivity contribution in [3.63, 3.8) is 0 Å². The summed E-state index contributed by atoms with van der Waals surface area (Å²) in [6.45, 7) is 8.37. The van der Waals surface area contributed by atoms with Gasteiger partial charge in [-0.3, -0.25) is 0 Å². The van der Waals surface area contributed by atoms with Gasteiger partial charge in [0.1, 0.15) is 0 Å². The van der Waals surface area contributed by atoms with Gasteiger partial charge in [-0.2, -0.15) is 0 Å². The highest BCUT2D eigenvalue weighted by molar-refractivity contribution is 5.62. The molecule has 2 aliphatic heterocycles. The van der Waals surface area contributed by atoms with Crippen molar-refractivity contribution in [2.75, 3.05) is 49.2 Å². The fourth-order valence-electron chi connectivity index (χ4n) is 2.91. The van der Waals surface area contributed by atoms with Crippen molar-refractivity contribution in [2.24, 2.45) is 0 Å². The minimum atomic E-state index is 0.854. The van der Waals surface area contributed by atoms with Crippen LogP contribution in [0.4, 0.5) is 11.4 Å². The van der Waals surface area contributed by atoms with E-state index in [9.17, 15) is 0 Å². The molecule has 0 radical (unpaired) electrons. The van der Waals surface area contributed by atoms with Crippen LogP contribution in [0.1, 0.15) is 18.4 Å². The molecule has 3 heteroatoms. The molecule has 0 N–H and O–H groups in total. The summed E-state index contributed by atoms with van der Waals surface area (Å²) in [7, 11) is 0. The average molecular weight is 246 g/mol. The second-order valence-corrected chi connectivity index (χ2v) is 5.32. The van der Waals surface area contributed by atoms with Crippen molar-refractivity contribution in [2.45, 2.75) is 19.8 Å². The number of ether oxygens (including phenoxy) is 1. The van der Waals surface area contributed by atoms with Crippen LogP contribution in [-0.2, 0) is 4.74 Å². The standard InChI is InChI=1S/C15H22N2O/c1-13-10-14(16-4-2-3-5-16)12-15(11-13)17-6-8-18-9-7-17/h10-12H,2-9H2,1H3. The van der Waals surface area contributed by atoms with Crippen LogP contribution in [0.15, 0.2) is 18.2 Å². The van der Waals surface area contributed by atoms with E-state index in [0.29, 0.717) is 0 Å². The van der Waals surface area contributed by atoms with E-state index in [2.05, 4.69) is 34.9 Å². The first-order valence-corrected chi connectivity index (χ1v) is 7.02. The molecule has 0 aromatic heterocycles. The van der Waals surface area contributed by atoms with E-state index in [4.69, 9.17) is 4.74 Å². The molecule has 2 saturated heterocycles. The molecule has 0 aliphatic carbocycles. The lowest BCUT2D eigenvalue weighted by molar-refractivity contribution is 0.122. The summed E-state index contributed by atoms with van der Waals surface area (Å²) in [6.07, 6.45) is 2.67. The van der Waals surface area contributed by atoms with Gasteiger partial charge in [-0.15, -0.1) is 0 Å². The first-order valence-electron chi connectivity index (χ1n) is 7.02. The normalized spacial score (nSPS) is 20.5. The maximum Gasteiger partial charge on any atom is 0.0642 e. The topological polar surface area (TPSA) is 15.7 Å². The summed E-state index contributed by atoms with van der Waals surface area (Å²) < 4.78 is 5.43. The zero-order chi connectivity index (χ0) is 12.4. The molecule has 3 rings (SSSR count). The van der Waals surface area contributed by atoms with Gasteiger partial charge in [0.25, 0.3) is 0 Å². The predicted octanol–water partition coefficient (Wildman–Crippen LogP) is 2.43. The summed E-state index contributed by atoms with van der Waals surface area (Å²) in [4.78, 5) is 4.95. The monoisotopic (exact) mass is 246 g/mol. The summed E-state index contributed by atoms with van der Waals surface area (Å²) >= 11 is 0. The molecule has 2 heterocycles. The maximum atomic E-state index is 5.43. The third-order valence-electron chi connectivity index (χ3n) is 3.89. The van der Waals surface area contributed by atoms with Crippen LogP contribution in [0, 0.1) is 6.92 Å². The maximum absolute atomic E-state index is 5.43. The molecule has 0 spiro atoms.